The first-order chi connectivity index (χ1) is 13.5. The number of para-hydroxylation sites is 1. The molecule has 146 valence electrons. The second-order valence-electron chi connectivity index (χ2n) is 5.75. The van der Waals surface area contributed by atoms with Gasteiger partial charge in [-0.25, -0.2) is 9.78 Å². The van der Waals surface area contributed by atoms with Crippen LogP contribution in [0.5, 0.6) is 0 Å². The third-order valence-corrected chi connectivity index (χ3v) is 5.44. The number of hydrogen-bond acceptors (Lipinski definition) is 9. The maximum atomic E-state index is 12.5. The van der Waals surface area contributed by atoms with E-state index >= 15 is 0 Å². The summed E-state index contributed by atoms with van der Waals surface area (Å²) in [5.41, 5.74) is 1.67. The number of thioether (sulfide) groups is 1. The minimum Gasteiger partial charge on any atom is -0.465 e. The number of aromatic nitrogens is 3. The maximum absolute atomic E-state index is 12.5. The molecule has 28 heavy (non-hydrogen) atoms. The van der Waals surface area contributed by atoms with E-state index in [1.165, 1.54) is 12.0 Å². The average Bonchev–Trinajstić information content (AvgIpc) is 3.33. The number of hydrogen-bond donors (Lipinski definition) is 0. The van der Waals surface area contributed by atoms with Gasteiger partial charge in [0.05, 0.1) is 41.2 Å². The van der Waals surface area contributed by atoms with Gasteiger partial charge in [0.15, 0.2) is 0 Å². The number of methoxy groups -OCH3 is 1. The van der Waals surface area contributed by atoms with Crippen LogP contribution in [0.25, 0.3) is 0 Å². The quantitative estimate of drug-likeness (QED) is 0.427. The molecule has 0 aliphatic rings. The molecule has 0 unspecified atom stereocenters. The zero-order valence-corrected chi connectivity index (χ0v) is 17.2. The van der Waals surface area contributed by atoms with E-state index in [4.69, 9.17) is 9.15 Å². The third kappa shape index (κ3) is 4.76. The number of carbonyl (C=O) groups excluding carboxylic acids is 2. The van der Waals surface area contributed by atoms with Gasteiger partial charge in [-0.05, 0) is 19.1 Å². The lowest BCUT2D eigenvalue weighted by molar-refractivity contribution is -0.115. The van der Waals surface area contributed by atoms with E-state index in [-0.39, 0.29) is 11.7 Å². The molecule has 0 aliphatic heterocycles. The van der Waals surface area contributed by atoms with E-state index < -0.39 is 5.97 Å². The Morgan fingerprint density at radius 3 is 2.79 bits per heavy atom. The maximum Gasteiger partial charge on any atom is 0.339 e. The Kier molecular flexibility index (Phi) is 6.42. The Labute approximate surface area is 169 Å². The van der Waals surface area contributed by atoms with Crippen molar-refractivity contribution in [2.75, 3.05) is 24.8 Å². The van der Waals surface area contributed by atoms with Gasteiger partial charge in [-0.1, -0.05) is 23.9 Å². The normalized spacial score (nSPS) is 10.7. The van der Waals surface area contributed by atoms with Gasteiger partial charge in [0, 0.05) is 12.4 Å². The summed E-state index contributed by atoms with van der Waals surface area (Å²) in [5, 5.41) is 11.2. The van der Waals surface area contributed by atoms with Crippen LogP contribution in [0.2, 0.25) is 0 Å². The van der Waals surface area contributed by atoms with E-state index in [2.05, 4.69) is 15.2 Å². The molecule has 3 aromatic rings. The predicted octanol–water partition coefficient (Wildman–Crippen LogP) is 2.97. The summed E-state index contributed by atoms with van der Waals surface area (Å²) in [6, 6.07) is 6.77. The van der Waals surface area contributed by atoms with Gasteiger partial charge in [-0.15, -0.1) is 21.5 Å². The van der Waals surface area contributed by atoms with Crippen molar-refractivity contribution in [3.8, 4) is 0 Å². The van der Waals surface area contributed by atoms with Gasteiger partial charge in [0.2, 0.25) is 11.8 Å². The molecule has 0 N–H and O–H groups in total. The molecule has 8 nitrogen and oxygen atoms in total. The third-order valence-electron chi connectivity index (χ3n) is 3.81. The summed E-state index contributed by atoms with van der Waals surface area (Å²) in [5.74, 6) is -0.175. The number of amides is 1. The first-order valence-electron chi connectivity index (χ1n) is 8.28. The summed E-state index contributed by atoms with van der Waals surface area (Å²) in [6.07, 6.45) is 0.457. The molecule has 1 amide bonds. The molecule has 2 aromatic heterocycles. The highest BCUT2D eigenvalue weighted by molar-refractivity contribution is 7.99. The second kappa shape index (κ2) is 8.98. The van der Waals surface area contributed by atoms with Crippen LogP contribution in [0, 0.1) is 6.92 Å². The van der Waals surface area contributed by atoms with Gasteiger partial charge in [0.1, 0.15) is 0 Å². The lowest BCUT2D eigenvalue weighted by Gasteiger charge is -2.19. The summed E-state index contributed by atoms with van der Waals surface area (Å²) in [7, 11) is 2.91. The highest BCUT2D eigenvalue weighted by Gasteiger charge is 2.20. The van der Waals surface area contributed by atoms with E-state index in [0.717, 1.165) is 22.5 Å². The number of rotatable bonds is 7. The molecule has 0 radical (unpaired) electrons. The van der Waals surface area contributed by atoms with Crippen molar-refractivity contribution in [3.63, 3.8) is 0 Å². The van der Waals surface area contributed by atoms with E-state index in [0.29, 0.717) is 28.8 Å². The molecular formula is C18H18N4O4S2. The molecule has 0 saturated heterocycles. The second-order valence-corrected chi connectivity index (χ2v) is 7.74. The largest absolute Gasteiger partial charge is 0.465 e. The Hall–Kier alpha value is -2.72. The molecule has 0 fully saturated rings. The van der Waals surface area contributed by atoms with Crippen LogP contribution in [0.3, 0.4) is 0 Å². The van der Waals surface area contributed by atoms with Crippen LogP contribution in [0.15, 0.2) is 39.3 Å². The van der Waals surface area contributed by atoms with Crippen LogP contribution in [-0.2, 0) is 16.0 Å². The van der Waals surface area contributed by atoms with Gasteiger partial charge in [-0.3, -0.25) is 4.79 Å². The minimum atomic E-state index is -0.498. The fourth-order valence-electron chi connectivity index (χ4n) is 2.42. The highest BCUT2D eigenvalue weighted by Crippen LogP contribution is 2.23. The number of ether oxygens (including phenoxy) is 1. The van der Waals surface area contributed by atoms with Crippen molar-refractivity contribution in [1.82, 2.24) is 15.2 Å². The van der Waals surface area contributed by atoms with E-state index in [1.807, 2.05) is 12.3 Å². The summed E-state index contributed by atoms with van der Waals surface area (Å²) in [4.78, 5) is 30.2. The zero-order valence-electron chi connectivity index (χ0n) is 15.5. The number of carbonyl (C=O) groups is 2. The smallest absolute Gasteiger partial charge is 0.339 e. The molecule has 0 bridgehead atoms. The zero-order chi connectivity index (χ0) is 20.1. The molecule has 0 atom stereocenters. The van der Waals surface area contributed by atoms with Crippen molar-refractivity contribution in [3.05, 3.63) is 51.8 Å². The number of anilines is 1. The Balaban J connectivity index is 1.61. The van der Waals surface area contributed by atoms with Crippen LogP contribution in [0.1, 0.15) is 27.0 Å². The number of aryl methyl sites for hydroxylation is 1. The Morgan fingerprint density at radius 1 is 1.29 bits per heavy atom. The van der Waals surface area contributed by atoms with Gasteiger partial charge < -0.3 is 14.1 Å². The summed E-state index contributed by atoms with van der Waals surface area (Å²) in [6.45, 7) is 1.93. The standard InChI is InChI=1S/C18H18N4O4S2/c1-11-19-12(9-27-11)8-15-20-21-18(26-15)28-10-16(23)22(2)14-7-5-4-6-13(14)17(24)25-3/h4-7,9H,8,10H2,1-3H3. The number of nitrogens with zero attached hydrogens (tertiary/aromatic N) is 4. The lowest BCUT2D eigenvalue weighted by Crippen LogP contribution is -2.29. The van der Waals surface area contributed by atoms with Crippen molar-refractivity contribution < 1.29 is 18.7 Å². The predicted molar refractivity (Wildman–Crippen MR) is 106 cm³/mol. The van der Waals surface area contributed by atoms with Crippen LogP contribution in [-0.4, -0.2) is 47.0 Å². The number of esters is 1. The average molecular weight is 419 g/mol. The van der Waals surface area contributed by atoms with Crippen molar-refractivity contribution in [1.29, 1.82) is 0 Å². The van der Waals surface area contributed by atoms with Gasteiger partial charge >= 0.3 is 5.97 Å². The first kappa shape index (κ1) is 20.0. The van der Waals surface area contributed by atoms with Crippen LogP contribution in [0.4, 0.5) is 5.69 Å². The molecule has 3 rings (SSSR count). The molecule has 1 aromatic carbocycles. The van der Waals surface area contributed by atoms with E-state index in [9.17, 15) is 9.59 Å². The summed E-state index contributed by atoms with van der Waals surface area (Å²) >= 11 is 2.70. The van der Waals surface area contributed by atoms with Gasteiger partial charge in [-0.2, -0.15) is 0 Å². The summed E-state index contributed by atoms with van der Waals surface area (Å²) < 4.78 is 10.3. The van der Waals surface area contributed by atoms with Crippen molar-refractivity contribution in [2.45, 2.75) is 18.6 Å². The minimum absolute atomic E-state index is 0.0868. The molecular weight excluding hydrogens is 400 g/mol. The monoisotopic (exact) mass is 418 g/mol. The molecule has 0 aliphatic carbocycles. The Morgan fingerprint density at radius 2 is 2.07 bits per heavy atom. The van der Waals surface area contributed by atoms with Crippen molar-refractivity contribution >= 4 is 40.7 Å². The molecule has 2 heterocycles. The van der Waals surface area contributed by atoms with Crippen LogP contribution < -0.4 is 4.90 Å². The number of benzene rings is 1. The first-order valence-corrected chi connectivity index (χ1v) is 10.1. The number of thiazole rings is 1. The van der Waals surface area contributed by atoms with Crippen molar-refractivity contribution in [2.24, 2.45) is 0 Å². The highest BCUT2D eigenvalue weighted by atomic mass is 32.2. The fraction of sp³-hybridized carbons (Fsp3) is 0.278. The van der Waals surface area contributed by atoms with Crippen LogP contribution >= 0.6 is 23.1 Å². The van der Waals surface area contributed by atoms with E-state index in [1.54, 1.807) is 42.6 Å². The fourth-order valence-corrected chi connectivity index (χ4v) is 3.72. The SMILES string of the molecule is COC(=O)c1ccccc1N(C)C(=O)CSc1nnc(Cc2csc(C)n2)o1. The topological polar surface area (TPSA) is 98.4 Å². The molecule has 0 spiro atoms. The lowest BCUT2D eigenvalue weighted by atomic mass is 10.1. The molecule has 0 saturated carbocycles. The Bertz CT molecular complexity index is 985. The molecule has 10 heteroatoms. The van der Waals surface area contributed by atoms with Gasteiger partial charge in [0.25, 0.3) is 5.22 Å².